The number of carbonyl (C=O) groups is 1. The summed E-state index contributed by atoms with van der Waals surface area (Å²) >= 11 is 0. The molecule has 0 bridgehead atoms. The van der Waals surface area contributed by atoms with E-state index in [0.29, 0.717) is 6.54 Å². The molecule has 0 fully saturated rings. The number of carbonyl (C=O) groups excluding carboxylic acids is 1. The van der Waals surface area contributed by atoms with Crippen LogP contribution in [0, 0.1) is 6.92 Å². The highest BCUT2D eigenvalue weighted by atomic mass is 16.5. The van der Waals surface area contributed by atoms with Crippen LogP contribution >= 0.6 is 0 Å². The van der Waals surface area contributed by atoms with Gasteiger partial charge in [-0.05, 0) is 44.5 Å². The molecule has 0 unspecified atom stereocenters. The molecule has 4 nitrogen and oxygen atoms in total. The first-order chi connectivity index (χ1) is 8.72. The molecule has 100 valence electrons. The van der Waals surface area contributed by atoms with Gasteiger partial charge >= 0.3 is 0 Å². The van der Waals surface area contributed by atoms with Crippen LogP contribution in [0.5, 0.6) is 0 Å². The molecular weight excluding hydrogens is 228 g/mol. The summed E-state index contributed by atoms with van der Waals surface area (Å²) in [5, 5.41) is 5.94. The highest BCUT2D eigenvalue weighted by Gasteiger charge is 2.01. The van der Waals surface area contributed by atoms with E-state index < -0.39 is 0 Å². The van der Waals surface area contributed by atoms with Crippen LogP contribution in [0.3, 0.4) is 0 Å². The zero-order valence-corrected chi connectivity index (χ0v) is 11.2. The van der Waals surface area contributed by atoms with Gasteiger partial charge in [0.2, 0.25) is 5.91 Å². The van der Waals surface area contributed by atoms with Gasteiger partial charge in [-0.1, -0.05) is 12.1 Å². The first-order valence-electron chi connectivity index (χ1n) is 6.37. The summed E-state index contributed by atoms with van der Waals surface area (Å²) in [6.45, 7) is 6.59. The van der Waals surface area contributed by atoms with Gasteiger partial charge in [-0.2, -0.15) is 0 Å². The molecular formula is C14H22N2O2. The van der Waals surface area contributed by atoms with Gasteiger partial charge in [-0.3, -0.25) is 4.79 Å². The van der Waals surface area contributed by atoms with Crippen molar-refractivity contribution in [3.8, 4) is 0 Å². The number of nitrogens with one attached hydrogen (secondary N) is 2. The third kappa shape index (κ3) is 6.37. The maximum absolute atomic E-state index is 11.6. The Morgan fingerprint density at radius 2 is 2.22 bits per heavy atom. The predicted octanol–water partition coefficient (Wildman–Crippen LogP) is 1.95. The smallest absolute Gasteiger partial charge is 0.238 e. The molecule has 1 rings (SSSR count). The van der Waals surface area contributed by atoms with Gasteiger partial charge in [0.05, 0.1) is 6.54 Å². The van der Waals surface area contributed by atoms with Crippen LogP contribution in [0.2, 0.25) is 0 Å². The van der Waals surface area contributed by atoms with Crippen molar-refractivity contribution in [2.75, 3.05) is 31.6 Å². The Hall–Kier alpha value is -1.39. The lowest BCUT2D eigenvalue weighted by Crippen LogP contribution is -2.29. The maximum Gasteiger partial charge on any atom is 0.238 e. The number of hydrogen-bond acceptors (Lipinski definition) is 3. The van der Waals surface area contributed by atoms with Crippen LogP contribution in [0.4, 0.5) is 5.69 Å². The Morgan fingerprint density at radius 1 is 1.39 bits per heavy atom. The minimum atomic E-state index is -0.0167. The zero-order chi connectivity index (χ0) is 13.2. The lowest BCUT2D eigenvalue weighted by atomic mass is 10.2. The van der Waals surface area contributed by atoms with Gasteiger partial charge in [0, 0.05) is 18.9 Å². The average molecular weight is 250 g/mol. The molecule has 0 spiro atoms. The van der Waals surface area contributed by atoms with E-state index in [9.17, 15) is 4.79 Å². The third-order valence-electron chi connectivity index (χ3n) is 2.43. The first-order valence-corrected chi connectivity index (χ1v) is 6.37. The second-order valence-corrected chi connectivity index (χ2v) is 4.14. The molecule has 0 radical (unpaired) electrons. The average Bonchev–Trinajstić information content (AvgIpc) is 2.33. The topological polar surface area (TPSA) is 50.4 Å². The molecule has 2 N–H and O–H groups in total. The fraction of sp³-hybridized carbons (Fsp3) is 0.500. The van der Waals surface area contributed by atoms with Gasteiger partial charge in [-0.15, -0.1) is 0 Å². The van der Waals surface area contributed by atoms with Crippen LogP contribution in [0.25, 0.3) is 0 Å². The Kier molecular flexibility index (Phi) is 7.06. The first kappa shape index (κ1) is 14.7. The number of amides is 1. The Labute approximate surface area is 109 Å². The fourth-order valence-corrected chi connectivity index (χ4v) is 1.57. The SMILES string of the molecule is CCOCCCNCC(=O)Nc1cccc(C)c1. The van der Waals surface area contributed by atoms with Gasteiger partial charge in [0.15, 0.2) is 0 Å². The highest BCUT2D eigenvalue weighted by molar-refractivity contribution is 5.92. The van der Waals surface area contributed by atoms with Crippen molar-refractivity contribution in [2.24, 2.45) is 0 Å². The minimum absolute atomic E-state index is 0.0167. The van der Waals surface area contributed by atoms with Crippen LogP contribution in [-0.2, 0) is 9.53 Å². The summed E-state index contributed by atoms with van der Waals surface area (Å²) in [4.78, 5) is 11.6. The number of aryl methyl sites for hydroxylation is 1. The van der Waals surface area contributed by atoms with E-state index in [1.807, 2.05) is 38.1 Å². The summed E-state index contributed by atoms with van der Waals surface area (Å²) in [6, 6.07) is 7.77. The quantitative estimate of drug-likeness (QED) is 0.693. The molecule has 0 aliphatic heterocycles. The van der Waals surface area contributed by atoms with Crippen molar-refractivity contribution in [1.29, 1.82) is 0 Å². The van der Waals surface area contributed by atoms with Gasteiger partial charge in [0.1, 0.15) is 0 Å². The van der Waals surface area contributed by atoms with E-state index in [2.05, 4.69) is 10.6 Å². The Morgan fingerprint density at radius 3 is 2.94 bits per heavy atom. The van der Waals surface area contributed by atoms with Crippen LogP contribution < -0.4 is 10.6 Å². The van der Waals surface area contributed by atoms with E-state index in [0.717, 1.165) is 37.4 Å². The van der Waals surface area contributed by atoms with Crippen LogP contribution in [-0.4, -0.2) is 32.2 Å². The van der Waals surface area contributed by atoms with Crippen LogP contribution in [0.15, 0.2) is 24.3 Å². The second kappa shape index (κ2) is 8.66. The third-order valence-corrected chi connectivity index (χ3v) is 2.43. The number of benzene rings is 1. The van der Waals surface area contributed by atoms with Gasteiger partial charge in [0.25, 0.3) is 0 Å². The van der Waals surface area contributed by atoms with Crippen LogP contribution in [0.1, 0.15) is 18.9 Å². The van der Waals surface area contributed by atoms with Crippen molar-refractivity contribution < 1.29 is 9.53 Å². The number of rotatable bonds is 8. The van der Waals surface area contributed by atoms with Crippen molar-refractivity contribution in [1.82, 2.24) is 5.32 Å². The standard InChI is InChI=1S/C14H22N2O2/c1-3-18-9-5-8-15-11-14(17)16-13-7-4-6-12(2)10-13/h4,6-7,10,15H,3,5,8-9,11H2,1-2H3,(H,16,17). The number of hydrogen-bond donors (Lipinski definition) is 2. The van der Waals surface area contributed by atoms with E-state index in [1.165, 1.54) is 0 Å². The van der Waals surface area contributed by atoms with E-state index in [1.54, 1.807) is 0 Å². The summed E-state index contributed by atoms with van der Waals surface area (Å²) < 4.78 is 5.21. The number of anilines is 1. The predicted molar refractivity (Wildman–Crippen MR) is 73.8 cm³/mol. The summed E-state index contributed by atoms with van der Waals surface area (Å²) in [5.74, 6) is -0.0167. The lowest BCUT2D eigenvalue weighted by molar-refractivity contribution is -0.115. The molecule has 18 heavy (non-hydrogen) atoms. The summed E-state index contributed by atoms with van der Waals surface area (Å²) in [6.07, 6.45) is 0.922. The monoisotopic (exact) mass is 250 g/mol. The molecule has 1 aromatic rings. The van der Waals surface area contributed by atoms with E-state index >= 15 is 0 Å². The Bertz CT molecular complexity index is 367. The van der Waals surface area contributed by atoms with Gasteiger partial charge in [-0.25, -0.2) is 0 Å². The lowest BCUT2D eigenvalue weighted by Gasteiger charge is -2.07. The highest BCUT2D eigenvalue weighted by Crippen LogP contribution is 2.08. The largest absolute Gasteiger partial charge is 0.382 e. The molecule has 0 aromatic heterocycles. The fourth-order valence-electron chi connectivity index (χ4n) is 1.57. The molecule has 0 saturated heterocycles. The van der Waals surface area contributed by atoms with Crippen molar-refractivity contribution in [3.63, 3.8) is 0 Å². The summed E-state index contributed by atoms with van der Waals surface area (Å²) in [7, 11) is 0. The van der Waals surface area contributed by atoms with E-state index in [4.69, 9.17) is 4.74 Å². The normalized spacial score (nSPS) is 10.3. The molecule has 0 aliphatic rings. The molecule has 0 atom stereocenters. The molecule has 0 saturated carbocycles. The molecule has 0 aliphatic carbocycles. The second-order valence-electron chi connectivity index (χ2n) is 4.14. The van der Waals surface area contributed by atoms with Crippen molar-refractivity contribution in [2.45, 2.75) is 20.3 Å². The maximum atomic E-state index is 11.6. The molecule has 0 heterocycles. The Balaban J connectivity index is 2.14. The molecule has 1 aromatic carbocycles. The number of ether oxygens (including phenoxy) is 1. The summed E-state index contributed by atoms with van der Waals surface area (Å²) in [5.41, 5.74) is 1.98. The van der Waals surface area contributed by atoms with E-state index in [-0.39, 0.29) is 5.91 Å². The van der Waals surface area contributed by atoms with Crippen molar-refractivity contribution >= 4 is 11.6 Å². The minimum Gasteiger partial charge on any atom is -0.382 e. The molecule has 1 amide bonds. The van der Waals surface area contributed by atoms with Gasteiger partial charge < -0.3 is 15.4 Å². The van der Waals surface area contributed by atoms with Crippen molar-refractivity contribution in [3.05, 3.63) is 29.8 Å². The zero-order valence-electron chi connectivity index (χ0n) is 11.2. The molecule has 4 heteroatoms.